The van der Waals surface area contributed by atoms with Gasteiger partial charge in [0.05, 0.1) is 11.4 Å². The molecule has 1 N–H and O–H groups in total. The number of allylic oxidation sites excluding steroid dienone is 7. The highest BCUT2D eigenvalue weighted by Gasteiger charge is 2.18. The number of carboxylic acids is 1. The predicted octanol–water partition coefficient (Wildman–Crippen LogP) is 0.730. The van der Waals surface area contributed by atoms with Crippen molar-refractivity contribution in [3.8, 4) is 0 Å². The Morgan fingerprint density at radius 2 is 1.65 bits per heavy atom. The highest BCUT2D eigenvalue weighted by atomic mass is 16.4. The zero-order valence-electron chi connectivity index (χ0n) is 10.1. The van der Waals surface area contributed by atoms with Crippen LogP contribution in [0.1, 0.15) is 0 Å². The van der Waals surface area contributed by atoms with Gasteiger partial charge in [0.1, 0.15) is 5.57 Å². The Kier molecular flexibility index (Phi) is 3.74. The average Bonchev–Trinajstić information content (AvgIpc) is 2.46. The van der Waals surface area contributed by atoms with Crippen molar-refractivity contribution in [2.45, 2.75) is 0 Å². The Morgan fingerprint density at radius 1 is 1.05 bits per heavy atom. The SMILES string of the molecule is [N-]=[N+]=C1C=CC(=NN=C2C=CC(=O)C(C(=O)O)=C2)C=C1. The lowest BCUT2D eigenvalue weighted by Crippen LogP contribution is -2.15. The molecule has 20 heavy (non-hydrogen) atoms. The van der Waals surface area contributed by atoms with Crippen LogP contribution in [-0.2, 0) is 9.59 Å². The molecule has 0 aromatic carbocycles. The average molecular weight is 268 g/mol. The van der Waals surface area contributed by atoms with E-state index in [0.717, 1.165) is 12.2 Å². The first kappa shape index (κ1) is 13.3. The van der Waals surface area contributed by atoms with E-state index in [-0.39, 0.29) is 11.3 Å². The van der Waals surface area contributed by atoms with E-state index in [0.29, 0.717) is 11.4 Å². The topological polar surface area (TPSA) is 115 Å². The lowest BCUT2D eigenvalue weighted by Gasteiger charge is -2.02. The summed E-state index contributed by atoms with van der Waals surface area (Å²) >= 11 is 0. The third-order valence-corrected chi connectivity index (χ3v) is 2.44. The van der Waals surface area contributed by atoms with E-state index < -0.39 is 11.8 Å². The van der Waals surface area contributed by atoms with Crippen LogP contribution in [0.3, 0.4) is 0 Å². The van der Waals surface area contributed by atoms with Crippen molar-refractivity contribution in [2.24, 2.45) is 10.2 Å². The van der Waals surface area contributed by atoms with Crippen LogP contribution < -0.4 is 0 Å². The summed E-state index contributed by atoms with van der Waals surface area (Å²) in [6.45, 7) is 0. The third kappa shape index (κ3) is 2.98. The molecule has 7 nitrogen and oxygen atoms in total. The normalized spacial score (nSPS) is 19.1. The van der Waals surface area contributed by atoms with Crippen molar-refractivity contribution < 1.29 is 19.5 Å². The second-order valence-corrected chi connectivity index (χ2v) is 3.80. The number of rotatable bonds is 2. The van der Waals surface area contributed by atoms with Gasteiger partial charge in [0, 0.05) is 12.2 Å². The fourth-order valence-corrected chi connectivity index (χ4v) is 1.45. The van der Waals surface area contributed by atoms with Crippen molar-refractivity contribution in [2.75, 3.05) is 0 Å². The molecule has 7 heteroatoms. The monoisotopic (exact) mass is 268 g/mol. The summed E-state index contributed by atoms with van der Waals surface area (Å²) in [5, 5.41) is 16.6. The smallest absolute Gasteiger partial charge is 0.339 e. The van der Waals surface area contributed by atoms with Crippen LogP contribution in [0.25, 0.3) is 5.53 Å². The molecule has 0 aromatic heterocycles. The van der Waals surface area contributed by atoms with Crippen molar-refractivity contribution >= 4 is 28.9 Å². The van der Waals surface area contributed by atoms with Gasteiger partial charge >= 0.3 is 11.7 Å². The van der Waals surface area contributed by atoms with Crippen LogP contribution in [-0.4, -0.2) is 38.8 Å². The van der Waals surface area contributed by atoms with Crippen molar-refractivity contribution in [3.05, 3.63) is 53.6 Å². The number of hydrogen-bond acceptors (Lipinski definition) is 4. The molecule has 0 aliphatic heterocycles. The quantitative estimate of drug-likeness (QED) is 0.261. The standard InChI is InChI=1S/C13H8N4O3/c14-15-8-1-3-9(4-2-8)16-17-10-5-6-12(18)11(7-10)13(19)20/h1-7H,(H,19,20). The Hall–Kier alpha value is -3.18. The van der Waals surface area contributed by atoms with Gasteiger partial charge in [0.15, 0.2) is 5.78 Å². The molecule has 0 atom stereocenters. The predicted molar refractivity (Wildman–Crippen MR) is 71.6 cm³/mol. The van der Waals surface area contributed by atoms with Gasteiger partial charge in [-0.2, -0.15) is 15.0 Å². The Labute approximate surface area is 113 Å². The molecule has 0 spiro atoms. The fourth-order valence-electron chi connectivity index (χ4n) is 1.45. The maximum Gasteiger partial charge on any atom is 0.339 e. The summed E-state index contributed by atoms with van der Waals surface area (Å²) in [4.78, 5) is 25.1. The van der Waals surface area contributed by atoms with Gasteiger partial charge in [-0.1, -0.05) is 0 Å². The van der Waals surface area contributed by atoms with E-state index in [1.165, 1.54) is 18.2 Å². The molecular weight excluding hydrogens is 260 g/mol. The third-order valence-electron chi connectivity index (χ3n) is 2.44. The molecule has 0 heterocycles. The van der Waals surface area contributed by atoms with Gasteiger partial charge in [-0.05, 0) is 30.4 Å². The van der Waals surface area contributed by atoms with Gasteiger partial charge in [-0.3, -0.25) is 4.79 Å². The Bertz CT molecular complexity index is 696. The summed E-state index contributed by atoms with van der Waals surface area (Å²) in [6.07, 6.45) is 9.92. The number of hydrogen-bond donors (Lipinski definition) is 1. The molecule has 2 rings (SSSR count). The van der Waals surface area contributed by atoms with Crippen LogP contribution in [0.4, 0.5) is 0 Å². The first-order chi connectivity index (χ1) is 9.60. The highest BCUT2D eigenvalue weighted by molar-refractivity contribution is 6.29. The van der Waals surface area contributed by atoms with E-state index in [4.69, 9.17) is 10.6 Å². The fraction of sp³-hybridized carbons (Fsp3) is 0. The van der Waals surface area contributed by atoms with Gasteiger partial charge < -0.3 is 10.6 Å². The molecule has 0 unspecified atom stereocenters. The van der Waals surface area contributed by atoms with Crippen molar-refractivity contribution in [3.63, 3.8) is 0 Å². The number of nitrogens with zero attached hydrogens (tertiary/aromatic N) is 4. The molecule has 0 saturated heterocycles. The molecule has 2 aliphatic carbocycles. The second kappa shape index (κ2) is 5.64. The number of carboxylic acid groups (broad SMARTS) is 1. The number of ketones is 1. The first-order valence-electron chi connectivity index (χ1n) is 5.51. The van der Waals surface area contributed by atoms with E-state index in [2.05, 4.69) is 15.0 Å². The van der Waals surface area contributed by atoms with Crippen molar-refractivity contribution in [1.29, 1.82) is 0 Å². The van der Waals surface area contributed by atoms with Crippen LogP contribution in [0, 0.1) is 0 Å². The summed E-state index contributed by atoms with van der Waals surface area (Å²) < 4.78 is 0. The molecule has 0 bridgehead atoms. The molecule has 98 valence electrons. The highest BCUT2D eigenvalue weighted by Crippen LogP contribution is 2.07. The first-order valence-corrected chi connectivity index (χ1v) is 5.51. The maximum atomic E-state index is 11.3. The molecule has 0 fully saturated rings. The number of carbonyl (C=O) groups excluding carboxylic acids is 1. The summed E-state index contributed by atoms with van der Waals surface area (Å²) in [7, 11) is 0. The van der Waals surface area contributed by atoms with Gasteiger partial charge in [-0.15, -0.1) is 0 Å². The molecule has 0 aromatic rings. The van der Waals surface area contributed by atoms with Crippen LogP contribution >= 0.6 is 0 Å². The Balaban J connectivity index is 2.23. The maximum absolute atomic E-state index is 11.3. The summed E-state index contributed by atoms with van der Waals surface area (Å²) in [5.74, 6) is -1.88. The van der Waals surface area contributed by atoms with Gasteiger partial charge in [-0.25, -0.2) is 4.79 Å². The second-order valence-electron chi connectivity index (χ2n) is 3.80. The van der Waals surface area contributed by atoms with Crippen LogP contribution in [0.15, 0.2) is 58.3 Å². The van der Waals surface area contributed by atoms with Crippen molar-refractivity contribution in [1.82, 2.24) is 0 Å². The lowest BCUT2D eigenvalue weighted by atomic mass is 10.0. The van der Waals surface area contributed by atoms with Crippen LogP contribution in [0.2, 0.25) is 0 Å². The zero-order valence-corrected chi connectivity index (χ0v) is 10.1. The molecular formula is C13H8N4O3. The lowest BCUT2D eigenvalue weighted by molar-refractivity contribution is -0.134. The summed E-state index contributed by atoms with van der Waals surface area (Å²) in [6, 6.07) is 0. The minimum absolute atomic E-state index is 0.262. The zero-order chi connectivity index (χ0) is 14.5. The molecule has 2 aliphatic rings. The van der Waals surface area contributed by atoms with E-state index in [1.807, 2.05) is 0 Å². The van der Waals surface area contributed by atoms with Gasteiger partial charge in [0.25, 0.3) is 0 Å². The number of aliphatic carboxylic acids is 1. The summed E-state index contributed by atoms with van der Waals surface area (Å²) in [5.41, 5.74) is 9.32. The van der Waals surface area contributed by atoms with E-state index in [9.17, 15) is 9.59 Å². The minimum atomic E-state index is -1.30. The van der Waals surface area contributed by atoms with Crippen LogP contribution in [0.5, 0.6) is 0 Å². The molecule has 0 radical (unpaired) electrons. The van der Waals surface area contributed by atoms with E-state index in [1.54, 1.807) is 12.2 Å². The molecule has 0 saturated carbocycles. The van der Waals surface area contributed by atoms with E-state index >= 15 is 0 Å². The largest absolute Gasteiger partial charge is 0.478 e. The molecule has 0 amide bonds. The Morgan fingerprint density at radius 3 is 2.25 bits per heavy atom. The number of carbonyl (C=O) groups is 2. The van der Waals surface area contributed by atoms with Gasteiger partial charge in [0.2, 0.25) is 0 Å². The minimum Gasteiger partial charge on any atom is -0.478 e.